The second kappa shape index (κ2) is 11.9. The van der Waals surface area contributed by atoms with Gasteiger partial charge < -0.3 is 25.4 Å². The third-order valence-corrected chi connectivity index (χ3v) is 7.23. The van der Waals surface area contributed by atoms with Gasteiger partial charge in [0.15, 0.2) is 11.5 Å². The lowest BCUT2D eigenvalue weighted by Gasteiger charge is -2.26. The van der Waals surface area contributed by atoms with Crippen molar-refractivity contribution in [2.45, 2.75) is 33.2 Å². The van der Waals surface area contributed by atoms with E-state index in [2.05, 4.69) is 34.5 Å². The highest BCUT2D eigenvalue weighted by Crippen LogP contribution is 2.44. The quantitative estimate of drug-likeness (QED) is 0.244. The predicted octanol–water partition coefficient (Wildman–Crippen LogP) is 4.89. The molecule has 0 bridgehead atoms. The lowest BCUT2D eigenvalue weighted by atomic mass is 9.93. The number of aromatic nitrogens is 1. The van der Waals surface area contributed by atoms with Gasteiger partial charge in [0.1, 0.15) is 11.5 Å². The zero-order valence-corrected chi connectivity index (χ0v) is 23.4. The molecule has 2 amide bonds. The van der Waals surface area contributed by atoms with Gasteiger partial charge in [-0.1, -0.05) is 67.5 Å². The Kier molecular flexibility index (Phi) is 8.07. The van der Waals surface area contributed by atoms with Crippen molar-refractivity contribution in [3.63, 3.8) is 0 Å². The van der Waals surface area contributed by atoms with Gasteiger partial charge in [-0.2, -0.15) is 0 Å². The molecule has 9 nitrogen and oxygen atoms in total. The summed E-state index contributed by atoms with van der Waals surface area (Å²) in [6.45, 7) is 8.77. The van der Waals surface area contributed by atoms with Crippen LogP contribution in [0.5, 0.6) is 11.5 Å². The van der Waals surface area contributed by atoms with Crippen molar-refractivity contribution in [2.24, 2.45) is 0 Å². The van der Waals surface area contributed by atoms with E-state index in [1.54, 1.807) is 6.07 Å². The zero-order valence-electron chi connectivity index (χ0n) is 23.4. The van der Waals surface area contributed by atoms with Crippen LogP contribution in [0.1, 0.15) is 48.3 Å². The summed E-state index contributed by atoms with van der Waals surface area (Å²) in [4.78, 5) is 26.8. The summed E-state index contributed by atoms with van der Waals surface area (Å²) in [5.41, 5.74) is 4.94. The van der Waals surface area contributed by atoms with Gasteiger partial charge in [0, 0.05) is 37.8 Å². The molecule has 1 aliphatic heterocycles. The summed E-state index contributed by atoms with van der Waals surface area (Å²) >= 11 is 0. The number of amides is 2. The molecule has 2 heterocycles. The third kappa shape index (κ3) is 5.95. The Morgan fingerprint density at radius 1 is 1.05 bits per heavy atom. The Balaban J connectivity index is 1.57. The normalized spacial score (nSPS) is 13.8. The topological polar surface area (TPSA) is 128 Å². The first-order valence-corrected chi connectivity index (χ1v) is 13.8. The molecule has 0 aliphatic carbocycles. The molecule has 3 aromatic carbocycles. The summed E-state index contributed by atoms with van der Waals surface area (Å²) in [5.74, 6) is -0.157. The molecule has 5 rings (SSSR count). The van der Waals surface area contributed by atoms with E-state index in [-0.39, 0.29) is 28.9 Å². The van der Waals surface area contributed by atoms with Crippen molar-refractivity contribution < 1.29 is 24.3 Å². The second-order valence-corrected chi connectivity index (χ2v) is 10.5. The highest BCUT2D eigenvalue weighted by molar-refractivity contribution is 6.03. The summed E-state index contributed by atoms with van der Waals surface area (Å²) in [6, 6.07) is 18.4. The molecule has 1 aromatic heterocycles. The summed E-state index contributed by atoms with van der Waals surface area (Å²) < 4.78 is 5.74. The molecule has 0 radical (unpaired) electrons. The van der Waals surface area contributed by atoms with Crippen molar-refractivity contribution in [3.8, 4) is 45.1 Å². The molecule has 41 heavy (non-hydrogen) atoms. The molecule has 9 heteroatoms. The summed E-state index contributed by atoms with van der Waals surface area (Å²) in [5, 5.41) is 31.4. The average molecular weight is 555 g/mol. The molecule has 1 saturated heterocycles. The van der Waals surface area contributed by atoms with Gasteiger partial charge in [0.2, 0.25) is 5.91 Å². The highest BCUT2D eigenvalue weighted by atomic mass is 16.5. The number of aromatic hydroxyl groups is 2. The molecule has 0 unspecified atom stereocenters. The van der Waals surface area contributed by atoms with Gasteiger partial charge >= 0.3 is 0 Å². The fraction of sp³-hybridized carbons (Fsp3) is 0.281. The van der Waals surface area contributed by atoms with Crippen LogP contribution in [0, 0.1) is 0 Å². The van der Waals surface area contributed by atoms with E-state index in [0.717, 1.165) is 23.2 Å². The van der Waals surface area contributed by atoms with Crippen LogP contribution in [0.15, 0.2) is 65.2 Å². The Morgan fingerprint density at radius 3 is 2.51 bits per heavy atom. The number of phenols is 2. The van der Waals surface area contributed by atoms with Crippen LogP contribution in [0.2, 0.25) is 0 Å². The van der Waals surface area contributed by atoms with E-state index in [1.165, 1.54) is 6.07 Å². The number of rotatable bonds is 8. The van der Waals surface area contributed by atoms with E-state index in [9.17, 15) is 19.8 Å². The monoisotopic (exact) mass is 554 g/mol. The number of carbonyl (C=O) groups is 2. The minimum absolute atomic E-state index is 0.0116. The molecular formula is C32H34N4O5. The second-order valence-electron chi connectivity index (χ2n) is 10.5. The van der Waals surface area contributed by atoms with Crippen molar-refractivity contribution >= 4 is 11.8 Å². The van der Waals surface area contributed by atoms with E-state index < -0.39 is 5.91 Å². The van der Waals surface area contributed by atoms with E-state index in [0.29, 0.717) is 54.4 Å². The molecule has 0 saturated carbocycles. The van der Waals surface area contributed by atoms with Gasteiger partial charge in [-0.15, -0.1) is 0 Å². The number of hydrogen-bond donors (Lipinski definition) is 4. The van der Waals surface area contributed by atoms with Crippen molar-refractivity contribution in [2.75, 3.05) is 26.2 Å². The van der Waals surface area contributed by atoms with Crippen LogP contribution >= 0.6 is 0 Å². The van der Waals surface area contributed by atoms with E-state index >= 15 is 0 Å². The Bertz CT molecular complexity index is 1580. The number of nitrogens with zero attached hydrogens (tertiary/aromatic N) is 2. The minimum Gasteiger partial charge on any atom is -0.507 e. The highest BCUT2D eigenvalue weighted by Gasteiger charge is 2.27. The Hall–Kier alpha value is -4.63. The van der Waals surface area contributed by atoms with Crippen molar-refractivity contribution in [3.05, 3.63) is 77.5 Å². The maximum absolute atomic E-state index is 13.0. The first-order chi connectivity index (χ1) is 19.7. The number of piperazine rings is 1. The van der Waals surface area contributed by atoms with Crippen LogP contribution < -0.4 is 10.6 Å². The zero-order chi connectivity index (χ0) is 29.1. The molecule has 1 aliphatic rings. The maximum atomic E-state index is 13.0. The standard InChI is InChI=1S/C32H34N4O5/c1-4-33-32(40)30-29(21-10-8-20(9-11-21)17-36-13-12-34-28(39)18-36)31(41-35-30)25-15-24(26(37)16-27(25)38)23-7-5-6-22(14-23)19(2)3/h5-11,14-16,19,37-38H,4,12-13,17-18H2,1-3H3,(H,33,40)(H,34,39). The fourth-order valence-corrected chi connectivity index (χ4v) is 5.06. The lowest BCUT2D eigenvalue weighted by Crippen LogP contribution is -2.47. The molecule has 212 valence electrons. The first-order valence-electron chi connectivity index (χ1n) is 13.8. The number of benzene rings is 3. The van der Waals surface area contributed by atoms with E-state index in [1.807, 2.05) is 55.5 Å². The predicted molar refractivity (Wildman–Crippen MR) is 157 cm³/mol. The Morgan fingerprint density at radius 2 is 1.80 bits per heavy atom. The molecule has 0 spiro atoms. The van der Waals surface area contributed by atoms with Crippen molar-refractivity contribution in [1.29, 1.82) is 0 Å². The van der Waals surface area contributed by atoms with Crippen LogP contribution in [0.3, 0.4) is 0 Å². The van der Waals surface area contributed by atoms with Gasteiger partial charge in [0.25, 0.3) is 5.91 Å². The third-order valence-electron chi connectivity index (χ3n) is 7.23. The van der Waals surface area contributed by atoms with Crippen molar-refractivity contribution in [1.82, 2.24) is 20.7 Å². The van der Waals surface area contributed by atoms with Gasteiger partial charge in [0.05, 0.1) is 17.7 Å². The summed E-state index contributed by atoms with van der Waals surface area (Å²) in [7, 11) is 0. The number of hydrogen-bond acceptors (Lipinski definition) is 7. The van der Waals surface area contributed by atoms with Gasteiger partial charge in [-0.3, -0.25) is 14.5 Å². The summed E-state index contributed by atoms with van der Waals surface area (Å²) in [6.07, 6.45) is 0. The molecule has 4 aromatic rings. The SMILES string of the molecule is CCNC(=O)c1noc(-c2cc(-c3cccc(C(C)C)c3)c(O)cc2O)c1-c1ccc(CN2CCNC(=O)C2)cc1. The smallest absolute Gasteiger partial charge is 0.274 e. The van der Waals surface area contributed by atoms with Crippen LogP contribution in [0.25, 0.3) is 33.6 Å². The number of carbonyl (C=O) groups excluding carboxylic acids is 2. The molecular weight excluding hydrogens is 520 g/mol. The lowest BCUT2D eigenvalue weighted by molar-refractivity contribution is -0.124. The van der Waals surface area contributed by atoms with Crippen LogP contribution in [0.4, 0.5) is 0 Å². The van der Waals surface area contributed by atoms with Gasteiger partial charge in [-0.05, 0) is 41.2 Å². The number of phenolic OH excluding ortho intramolecular Hbond substituents is 2. The molecule has 1 fully saturated rings. The van der Waals surface area contributed by atoms with E-state index in [4.69, 9.17) is 4.52 Å². The van der Waals surface area contributed by atoms with Gasteiger partial charge in [-0.25, -0.2) is 0 Å². The fourth-order valence-electron chi connectivity index (χ4n) is 5.06. The minimum atomic E-state index is -0.399. The number of nitrogens with one attached hydrogen (secondary N) is 2. The molecule has 0 atom stereocenters. The van der Waals surface area contributed by atoms with Crippen LogP contribution in [-0.2, 0) is 11.3 Å². The average Bonchev–Trinajstić information content (AvgIpc) is 3.39. The molecule has 4 N–H and O–H groups in total. The Labute approximate surface area is 238 Å². The van der Waals surface area contributed by atoms with Crippen LogP contribution in [-0.4, -0.2) is 58.3 Å². The maximum Gasteiger partial charge on any atom is 0.274 e. The largest absolute Gasteiger partial charge is 0.507 e. The first kappa shape index (κ1) is 27.9.